The predicted molar refractivity (Wildman–Crippen MR) is 156 cm³/mol. The first-order valence-electron chi connectivity index (χ1n) is 13.6. The zero-order valence-corrected chi connectivity index (χ0v) is 22.6. The lowest BCUT2D eigenvalue weighted by molar-refractivity contribution is 0.122. The highest BCUT2D eigenvalue weighted by Crippen LogP contribution is 2.35. The van der Waals surface area contributed by atoms with E-state index in [2.05, 4.69) is 38.0 Å². The highest BCUT2D eigenvalue weighted by Gasteiger charge is 2.27. The minimum absolute atomic E-state index is 0.102. The topological polar surface area (TPSA) is 104 Å². The summed E-state index contributed by atoms with van der Waals surface area (Å²) >= 11 is 5.97. The molecule has 3 aromatic heterocycles. The van der Waals surface area contributed by atoms with Crippen LogP contribution in [0.25, 0.3) is 33.3 Å². The number of benzene rings is 2. The predicted octanol–water partition coefficient (Wildman–Crippen LogP) is 5.33. The van der Waals surface area contributed by atoms with Gasteiger partial charge < -0.3 is 29.4 Å². The summed E-state index contributed by atoms with van der Waals surface area (Å²) in [7, 11) is 0. The molecular formula is C29H29ClN8O2. The Hall–Kier alpha value is -4.15. The SMILES string of the molecule is O=C(Nc1ccc(Cl)cc1)N1CCC(n2cnc3c(-c4cccc5[nH]ccc45)nc(N4CCOCC4)nc32)CC1. The van der Waals surface area contributed by atoms with Crippen molar-refractivity contribution in [3.63, 3.8) is 0 Å². The number of amides is 2. The van der Waals surface area contributed by atoms with Gasteiger partial charge in [-0.1, -0.05) is 23.7 Å². The molecule has 0 unspecified atom stereocenters. The van der Waals surface area contributed by atoms with Crippen LogP contribution in [0.4, 0.5) is 16.4 Å². The molecule has 2 N–H and O–H groups in total. The van der Waals surface area contributed by atoms with Gasteiger partial charge in [0, 0.05) is 65.6 Å². The molecule has 2 saturated heterocycles. The Morgan fingerprint density at radius 3 is 2.60 bits per heavy atom. The summed E-state index contributed by atoms with van der Waals surface area (Å²) in [5.74, 6) is 0.694. The van der Waals surface area contributed by atoms with E-state index >= 15 is 0 Å². The minimum Gasteiger partial charge on any atom is -0.378 e. The molecule has 0 radical (unpaired) electrons. The van der Waals surface area contributed by atoms with E-state index in [1.54, 1.807) is 12.1 Å². The Morgan fingerprint density at radius 2 is 1.80 bits per heavy atom. The second-order valence-corrected chi connectivity index (χ2v) is 10.6. The van der Waals surface area contributed by atoms with Crippen molar-refractivity contribution in [3.8, 4) is 11.3 Å². The van der Waals surface area contributed by atoms with Crippen LogP contribution in [0.1, 0.15) is 18.9 Å². The number of anilines is 2. The number of hydrogen-bond donors (Lipinski definition) is 2. The number of H-pyrrole nitrogens is 1. The summed E-state index contributed by atoms with van der Waals surface area (Å²) in [6.45, 7) is 4.07. The summed E-state index contributed by atoms with van der Waals surface area (Å²) in [6.07, 6.45) is 5.44. The molecule has 5 aromatic rings. The number of halogens is 1. The Kier molecular flexibility index (Phi) is 6.49. The molecule has 40 heavy (non-hydrogen) atoms. The number of aromatic nitrogens is 5. The zero-order chi connectivity index (χ0) is 27.1. The third-order valence-corrected chi connectivity index (χ3v) is 8.05. The Bertz CT molecular complexity index is 1670. The van der Waals surface area contributed by atoms with Gasteiger partial charge in [0.2, 0.25) is 5.95 Å². The average Bonchev–Trinajstić information content (AvgIpc) is 3.66. The van der Waals surface area contributed by atoms with Crippen molar-refractivity contribution in [1.29, 1.82) is 0 Å². The molecule has 0 atom stereocenters. The average molecular weight is 557 g/mol. The molecule has 0 bridgehead atoms. The van der Waals surface area contributed by atoms with Gasteiger partial charge in [0.25, 0.3) is 0 Å². The van der Waals surface area contributed by atoms with Gasteiger partial charge in [-0.15, -0.1) is 0 Å². The number of nitrogens with one attached hydrogen (secondary N) is 2. The molecule has 0 saturated carbocycles. The maximum absolute atomic E-state index is 12.9. The fraction of sp³-hybridized carbons (Fsp3) is 0.310. The van der Waals surface area contributed by atoms with Crippen LogP contribution in [-0.2, 0) is 4.74 Å². The number of imidazole rings is 1. The second kappa shape index (κ2) is 10.4. The molecular weight excluding hydrogens is 528 g/mol. The smallest absolute Gasteiger partial charge is 0.321 e. The first-order chi connectivity index (χ1) is 19.6. The van der Waals surface area contributed by atoms with Gasteiger partial charge in [-0.25, -0.2) is 14.8 Å². The van der Waals surface area contributed by atoms with Gasteiger partial charge >= 0.3 is 6.03 Å². The maximum Gasteiger partial charge on any atom is 0.321 e. The first kappa shape index (κ1) is 24.9. The number of aromatic amines is 1. The quantitative estimate of drug-likeness (QED) is 0.310. The van der Waals surface area contributed by atoms with Gasteiger partial charge in [0.1, 0.15) is 11.2 Å². The van der Waals surface area contributed by atoms with Gasteiger partial charge in [0.05, 0.1) is 19.5 Å². The fourth-order valence-electron chi connectivity index (χ4n) is 5.64. The van der Waals surface area contributed by atoms with Crippen LogP contribution in [-0.4, -0.2) is 74.8 Å². The summed E-state index contributed by atoms with van der Waals surface area (Å²) in [6, 6.07) is 15.5. The molecule has 5 heterocycles. The third-order valence-electron chi connectivity index (χ3n) is 7.79. The largest absolute Gasteiger partial charge is 0.378 e. The van der Waals surface area contributed by atoms with Crippen molar-refractivity contribution in [2.24, 2.45) is 0 Å². The number of piperidine rings is 1. The number of ether oxygens (including phenoxy) is 1. The van der Waals surface area contributed by atoms with Crippen molar-refractivity contribution < 1.29 is 9.53 Å². The van der Waals surface area contributed by atoms with E-state index in [4.69, 9.17) is 31.3 Å². The van der Waals surface area contributed by atoms with Crippen LogP contribution in [0, 0.1) is 0 Å². The molecule has 7 rings (SSSR count). The molecule has 0 aliphatic carbocycles. The standard InChI is InChI=1S/C29H29ClN8O2/c30-19-4-6-20(7-5-19)33-29(39)37-12-9-21(10-13-37)38-18-32-26-25(23-2-1-3-24-22(23)8-11-31-24)34-28(35-27(26)38)36-14-16-40-17-15-36/h1-8,11,18,21,31H,9-10,12-17H2,(H,33,39). The number of rotatable bonds is 4. The number of carbonyl (C=O) groups is 1. The highest BCUT2D eigenvalue weighted by atomic mass is 35.5. The Morgan fingerprint density at radius 1 is 1.00 bits per heavy atom. The fourth-order valence-corrected chi connectivity index (χ4v) is 5.77. The van der Waals surface area contributed by atoms with Crippen LogP contribution < -0.4 is 10.2 Å². The summed E-state index contributed by atoms with van der Waals surface area (Å²) in [5, 5.41) is 4.71. The monoisotopic (exact) mass is 556 g/mol. The highest BCUT2D eigenvalue weighted by molar-refractivity contribution is 6.30. The van der Waals surface area contributed by atoms with E-state index < -0.39 is 0 Å². The van der Waals surface area contributed by atoms with E-state index in [0.717, 1.165) is 64.9 Å². The number of fused-ring (bicyclic) bond motifs is 2. The zero-order valence-electron chi connectivity index (χ0n) is 21.9. The van der Waals surface area contributed by atoms with Crippen molar-refractivity contribution in [1.82, 2.24) is 29.4 Å². The van der Waals surface area contributed by atoms with Crippen molar-refractivity contribution in [3.05, 3.63) is 66.1 Å². The van der Waals surface area contributed by atoms with Crippen LogP contribution in [0.2, 0.25) is 5.02 Å². The summed E-state index contributed by atoms with van der Waals surface area (Å²) < 4.78 is 7.76. The van der Waals surface area contributed by atoms with E-state index in [-0.39, 0.29) is 12.1 Å². The summed E-state index contributed by atoms with van der Waals surface area (Å²) in [4.78, 5) is 35.2. The Labute approximate surface area is 235 Å². The lowest BCUT2D eigenvalue weighted by atomic mass is 10.0. The third kappa shape index (κ3) is 4.63. The van der Waals surface area contributed by atoms with Crippen LogP contribution in [0.15, 0.2) is 61.1 Å². The number of hydrogen-bond acceptors (Lipinski definition) is 6. The molecule has 2 aromatic carbocycles. The Balaban J connectivity index is 1.19. The van der Waals surface area contributed by atoms with Gasteiger partial charge in [-0.05, 0) is 49.2 Å². The normalized spacial score (nSPS) is 16.6. The van der Waals surface area contributed by atoms with Crippen LogP contribution >= 0.6 is 11.6 Å². The molecule has 2 amide bonds. The van der Waals surface area contributed by atoms with Crippen molar-refractivity contribution in [2.45, 2.75) is 18.9 Å². The van der Waals surface area contributed by atoms with E-state index in [1.807, 2.05) is 35.6 Å². The van der Waals surface area contributed by atoms with Gasteiger partial charge in [-0.3, -0.25) is 0 Å². The first-order valence-corrected chi connectivity index (χ1v) is 14.0. The van der Waals surface area contributed by atoms with Gasteiger partial charge in [-0.2, -0.15) is 4.98 Å². The molecule has 2 aliphatic rings. The molecule has 10 nitrogen and oxygen atoms in total. The van der Waals surface area contributed by atoms with Crippen molar-refractivity contribution in [2.75, 3.05) is 49.6 Å². The molecule has 2 aliphatic heterocycles. The molecule has 0 spiro atoms. The lowest BCUT2D eigenvalue weighted by Crippen LogP contribution is -2.41. The van der Waals surface area contributed by atoms with Crippen LogP contribution in [0.5, 0.6) is 0 Å². The van der Waals surface area contributed by atoms with Gasteiger partial charge in [0.15, 0.2) is 5.65 Å². The molecule has 11 heteroatoms. The minimum atomic E-state index is -0.102. The number of nitrogens with zero attached hydrogens (tertiary/aromatic N) is 6. The van der Waals surface area contributed by atoms with Crippen LogP contribution in [0.3, 0.4) is 0 Å². The number of likely N-dealkylation sites (tertiary alicyclic amines) is 1. The number of morpholine rings is 1. The maximum atomic E-state index is 12.9. The van der Waals surface area contributed by atoms with E-state index in [1.165, 1.54) is 0 Å². The molecule has 2 fully saturated rings. The molecule has 204 valence electrons. The van der Waals surface area contributed by atoms with Crippen molar-refractivity contribution >= 4 is 51.3 Å². The summed E-state index contributed by atoms with van der Waals surface area (Å²) in [5.41, 5.74) is 5.25. The van der Waals surface area contributed by atoms with E-state index in [9.17, 15) is 4.79 Å². The van der Waals surface area contributed by atoms with E-state index in [0.29, 0.717) is 37.3 Å². The number of carbonyl (C=O) groups excluding carboxylic acids is 1. The lowest BCUT2D eigenvalue weighted by Gasteiger charge is -2.33. The second-order valence-electron chi connectivity index (χ2n) is 10.2. The number of urea groups is 1.